The molecular formula is C20H21NO7. The van der Waals surface area contributed by atoms with Gasteiger partial charge in [0.15, 0.2) is 11.5 Å². The fraction of sp³-hybridized carbons (Fsp3) is 0.250. The molecule has 0 unspecified atom stereocenters. The first kappa shape index (κ1) is 20.8. The second kappa shape index (κ2) is 10.6. The number of benzene rings is 2. The van der Waals surface area contributed by atoms with Crippen LogP contribution < -0.4 is 4.74 Å². The van der Waals surface area contributed by atoms with E-state index < -0.39 is 11.1 Å². The SMILES string of the molecule is COc1cc(/C=C/C(=O)OCc2cccc(CCCO[N+](=O)[O-])c2)ccc1O. The van der Waals surface area contributed by atoms with Gasteiger partial charge in [-0.25, -0.2) is 4.79 Å². The first-order chi connectivity index (χ1) is 13.5. The minimum atomic E-state index is -0.808. The summed E-state index contributed by atoms with van der Waals surface area (Å²) in [4.78, 5) is 26.3. The quantitative estimate of drug-likeness (QED) is 0.219. The Morgan fingerprint density at radius 3 is 2.75 bits per heavy atom. The van der Waals surface area contributed by atoms with Crippen molar-refractivity contribution in [2.45, 2.75) is 19.4 Å². The third-order valence-corrected chi connectivity index (χ3v) is 3.79. The lowest BCUT2D eigenvalue weighted by Gasteiger charge is -2.06. The maximum absolute atomic E-state index is 11.9. The number of carbonyl (C=O) groups excluding carboxylic acids is 1. The molecule has 148 valence electrons. The zero-order chi connectivity index (χ0) is 20.4. The van der Waals surface area contributed by atoms with E-state index in [-0.39, 0.29) is 19.0 Å². The normalized spacial score (nSPS) is 10.6. The van der Waals surface area contributed by atoms with E-state index >= 15 is 0 Å². The van der Waals surface area contributed by atoms with Crippen LogP contribution in [0.2, 0.25) is 0 Å². The van der Waals surface area contributed by atoms with Crippen LogP contribution in [0.3, 0.4) is 0 Å². The maximum atomic E-state index is 11.9. The molecule has 0 atom stereocenters. The number of ether oxygens (including phenoxy) is 2. The van der Waals surface area contributed by atoms with Crippen LogP contribution in [0.15, 0.2) is 48.5 Å². The van der Waals surface area contributed by atoms with Crippen molar-refractivity contribution in [1.29, 1.82) is 0 Å². The highest BCUT2D eigenvalue weighted by Crippen LogP contribution is 2.26. The Balaban J connectivity index is 1.83. The number of hydrogen-bond donors (Lipinski definition) is 1. The van der Waals surface area contributed by atoms with Crippen LogP contribution in [0.5, 0.6) is 11.5 Å². The number of rotatable bonds is 10. The van der Waals surface area contributed by atoms with Gasteiger partial charge in [-0.3, -0.25) is 0 Å². The Morgan fingerprint density at radius 1 is 1.21 bits per heavy atom. The Labute approximate surface area is 162 Å². The van der Waals surface area contributed by atoms with E-state index in [1.807, 2.05) is 24.3 Å². The zero-order valence-corrected chi connectivity index (χ0v) is 15.4. The molecule has 0 saturated heterocycles. The lowest BCUT2D eigenvalue weighted by molar-refractivity contribution is -0.757. The summed E-state index contributed by atoms with van der Waals surface area (Å²) < 4.78 is 10.2. The van der Waals surface area contributed by atoms with Gasteiger partial charge in [0.25, 0.3) is 5.09 Å². The first-order valence-electron chi connectivity index (χ1n) is 8.55. The number of aromatic hydroxyl groups is 1. The Hall–Kier alpha value is -3.55. The predicted octanol–water partition coefficient (Wildman–Crippen LogP) is 3.30. The summed E-state index contributed by atoms with van der Waals surface area (Å²) in [6, 6.07) is 12.2. The van der Waals surface area contributed by atoms with Gasteiger partial charge in [-0.2, -0.15) is 0 Å². The van der Waals surface area contributed by atoms with Gasteiger partial charge in [-0.1, -0.05) is 30.3 Å². The summed E-state index contributed by atoms with van der Waals surface area (Å²) in [5, 5.41) is 18.9. The number of phenolic OH excluding ortho intramolecular Hbond substituents is 1. The molecule has 0 saturated carbocycles. The molecule has 0 spiro atoms. The zero-order valence-electron chi connectivity index (χ0n) is 15.4. The van der Waals surface area contributed by atoms with Crippen molar-refractivity contribution in [1.82, 2.24) is 0 Å². The molecular weight excluding hydrogens is 366 g/mol. The topological polar surface area (TPSA) is 108 Å². The molecule has 0 aliphatic rings. The second-order valence-corrected chi connectivity index (χ2v) is 5.85. The number of aryl methyl sites for hydroxylation is 1. The molecule has 0 heterocycles. The highest BCUT2D eigenvalue weighted by Gasteiger charge is 2.03. The predicted molar refractivity (Wildman–Crippen MR) is 101 cm³/mol. The van der Waals surface area contributed by atoms with Crippen molar-refractivity contribution in [3.05, 3.63) is 75.3 Å². The minimum Gasteiger partial charge on any atom is -0.504 e. The number of carbonyl (C=O) groups is 1. The van der Waals surface area contributed by atoms with Crippen LogP contribution in [0.1, 0.15) is 23.1 Å². The lowest BCUT2D eigenvalue weighted by Crippen LogP contribution is -2.04. The van der Waals surface area contributed by atoms with E-state index in [1.165, 1.54) is 19.3 Å². The van der Waals surface area contributed by atoms with Gasteiger partial charge in [0.2, 0.25) is 0 Å². The Morgan fingerprint density at radius 2 is 2.00 bits per heavy atom. The van der Waals surface area contributed by atoms with Gasteiger partial charge in [-0.15, -0.1) is 10.1 Å². The van der Waals surface area contributed by atoms with Gasteiger partial charge in [-0.05, 0) is 47.7 Å². The highest BCUT2D eigenvalue weighted by atomic mass is 16.9. The highest BCUT2D eigenvalue weighted by molar-refractivity contribution is 5.87. The van der Waals surface area contributed by atoms with Gasteiger partial charge >= 0.3 is 5.97 Å². The molecule has 2 aromatic rings. The molecule has 0 aliphatic carbocycles. The van der Waals surface area contributed by atoms with Crippen molar-refractivity contribution in [2.75, 3.05) is 13.7 Å². The summed E-state index contributed by atoms with van der Waals surface area (Å²) in [6.07, 6.45) is 4.00. The van der Waals surface area contributed by atoms with Crippen LogP contribution in [0, 0.1) is 10.1 Å². The Bertz CT molecular complexity index is 848. The lowest BCUT2D eigenvalue weighted by atomic mass is 10.1. The van der Waals surface area contributed by atoms with Gasteiger partial charge in [0.1, 0.15) is 6.61 Å². The molecule has 8 nitrogen and oxygen atoms in total. The molecule has 0 radical (unpaired) electrons. The standard InChI is InChI=1S/C20H21NO7/c1-26-19-13-16(7-9-18(19)22)8-10-20(23)27-14-17-5-2-4-15(12-17)6-3-11-28-21(24)25/h2,4-5,7-10,12-13,22H,3,6,11,14H2,1H3/b10-8+. The summed E-state index contributed by atoms with van der Waals surface area (Å²) in [5.74, 6) is -0.167. The van der Waals surface area contributed by atoms with Crippen LogP contribution in [-0.4, -0.2) is 29.9 Å². The van der Waals surface area contributed by atoms with E-state index in [9.17, 15) is 20.0 Å². The molecule has 8 heteroatoms. The van der Waals surface area contributed by atoms with Gasteiger partial charge in [0, 0.05) is 6.08 Å². The summed E-state index contributed by atoms with van der Waals surface area (Å²) in [6.45, 7) is 0.153. The number of phenols is 1. The molecule has 0 amide bonds. The maximum Gasteiger partial charge on any atom is 0.331 e. The number of methoxy groups -OCH3 is 1. The fourth-order valence-electron chi connectivity index (χ4n) is 2.46. The van der Waals surface area contributed by atoms with E-state index in [0.717, 1.165) is 11.1 Å². The van der Waals surface area contributed by atoms with Crippen molar-refractivity contribution in [3.63, 3.8) is 0 Å². The van der Waals surface area contributed by atoms with E-state index in [4.69, 9.17) is 9.47 Å². The molecule has 1 N–H and O–H groups in total. The molecule has 0 aromatic heterocycles. The molecule has 0 aliphatic heterocycles. The van der Waals surface area contributed by atoms with Crippen LogP contribution in [0.4, 0.5) is 0 Å². The first-order valence-corrected chi connectivity index (χ1v) is 8.55. The van der Waals surface area contributed by atoms with Crippen molar-refractivity contribution < 1.29 is 29.3 Å². The summed E-state index contributed by atoms with van der Waals surface area (Å²) in [7, 11) is 1.44. The van der Waals surface area contributed by atoms with E-state index in [0.29, 0.717) is 24.2 Å². The van der Waals surface area contributed by atoms with Crippen molar-refractivity contribution >= 4 is 12.0 Å². The number of esters is 1. The van der Waals surface area contributed by atoms with Crippen LogP contribution in [0.25, 0.3) is 6.08 Å². The van der Waals surface area contributed by atoms with E-state index in [2.05, 4.69) is 4.84 Å². The monoisotopic (exact) mass is 387 g/mol. The number of hydrogen-bond acceptors (Lipinski definition) is 7. The average Bonchev–Trinajstić information content (AvgIpc) is 2.69. The van der Waals surface area contributed by atoms with Crippen molar-refractivity contribution in [3.8, 4) is 11.5 Å². The molecule has 2 rings (SSSR count). The van der Waals surface area contributed by atoms with Crippen molar-refractivity contribution in [2.24, 2.45) is 0 Å². The minimum absolute atomic E-state index is 0.0204. The summed E-state index contributed by atoms with van der Waals surface area (Å²) in [5.41, 5.74) is 2.48. The van der Waals surface area contributed by atoms with Gasteiger partial charge < -0.3 is 19.4 Å². The van der Waals surface area contributed by atoms with Gasteiger partial charge in [0.05, 0.1) is 13.7 Å². The number of nitrogens with zero attached hydrogens (tertiary/aromatic N) is 1. The molecule has 0 bridgehead atoms. The van der Waals surface area contributed by atoms with Crippen LogP contribution >= 0.6 is 0 Å². The summed E-state index contributed by atoms with van der Waals surface area (Å²) >= 11 is 0. The van der Waals surface area contributed by atoms with Crippen LogP contribution in [-0.2, 0) is 27.4 Å². The van der Waals surface area contributed by atoms with E-state index in [1.54, 1.807) is 18.2 Å². The third kappa shape index (κ3) is 6.99. The smallest absolute Gasteiger partial charge is 0.331 e. The molecule has 0 fully saturated rings. The third-order valence-electron chi connectivity index (χ3n) is 3.79. The second-order valence-electron chi connectivity index (χ2n) is 5.85. The molecule has 28 heavy (non-hydrogen) atoms. The largest absolute Gasteiger partial charge is 0.504 e. The Kier molecular flexibility index (Phi) is 7.83. The fourth-order valence-corrected chi connectivity index (χ4v) is 2.46. The average molecular weight is 387 g/mol. The molecule has 2 aromatic carbocycles.